The molecule has 0 aromatic heterocycles. The van der Waals surface area contributed by atoms with Crippen LogP contribution in [0.25, 0.3) is 10.8 Å². The van der Waals surface area contributed by atoms with Crippen LogP contribution in [0.3, 0.4) is 0 Å². The van der Waals surface area contributed by atoms with Gasteiger partial charge in [-0.2, -0.15) is 0 Å². The van der Waals surface area contributed by atoms with Crippen LogP contribution in [0.1, 0.15) is 26.7 Å². The molecular weight excluding hydrogens is 300 g/mol. The summed E-state index contributed by atoms with van der Waals surface area (Å²) in [5.41, 5.74) is 0. The predicted molar refractivity (Wildman–Crippen MR) is 97.5 cm³/mol. The molecule has 1 saturated heterocycles. The summed E-state index contributed by atoms with van der Waals surface area (Å²) in [6, 6.07) is 14.4. The number of carbonyl (C=O) groups excluding carboxylic acids is 1. The fraction of sp³-hybridized carbons (Fsp3) is 0.450. The third kappa shape index (κ3) is 3.54. The standard InChI is InChI=1S/C20H26N2O2/c1-3-17(4-2)21-12-14-22(15-13-21)20(23)24-19-11-7-9-16-8-5-6-10-18(16)19/h5-11,17H,3-4,12-15H2,1-2H3. The Balaban J connectivity index is 1.64. The third-order valence-corrected chi connectivity index (χ3v) is 4.98. The highest BCUT2D eigenvalue weighted by Gasteiger charge is 2.25. The minimum atomic E-state index is -0.240. The van der Waals surface area contributed by atoms with E-state index in [0.717, 1.165) is 49.8 Å². The maximum atomic E-state index is 12.5. The molecule has 1 amide bonds. The third-order valence-electron chi connectivity index (χ3n) is 4.98. The molecule has 0 saturated carbocycles. The van der Waals surface area contributed by atoms with Crippen LogP contribution in [0.15, 0.2) is 42.5 Å². The van der Waals surface area contributed by atoms with E-state index in [4.69, 9.17) is 4.74 Å². The molecule has 4 nitrogen and oxygen atoms in total. The molecule has 3 rings (SSSR count). The minimum absolute atomic E-state index is 0.240. The zero-order valence-corrected chi connectivity index (χ0v) is 14.6. The summed E-state index contributed by atoms with van der Waals surface area (Å²) in [6.07, 6.45) is 2.09. The summed E-state index contributed by atoms with van der Waals surface area (Å²) in [7, 11) is 0. The first-order valence-electron chi connectivity index (χ1n) is 8.91. The Morgan fingerprint density at radius 2 is 1.67 bits per heavy atom. The van der Waals surface area contributed by atoms with Crippen molar-refractivity contribution in [1.29, 1.82) is 0 Å². The van der Waals surface area contributed by atoms with Gasteiger partial charge in [0.25, 0.3) is 0 Å². The van der Waals surface area contributed by atoms with Gasteiger partial charge in [0.2, 0.25) is 0 Å². The Bertz CT molecular complexity index is 684. The fourth-order valence-electron chi connectivity index (χ4n) is 3.52. The van der Waals surface area contributed by atoms with E-state index in [1.54, 1.807) is 0 Å². The van der Waals surface area contributed by atoms with Crippen LogP contribution >= 0.6 is 0 Å². The Labute approximate surface area is 144 Å². The topological polar surface area (TPSA) is 32.8 Å². The molecule has 0 atom stereocenters. The van der Waals surface area contributed by atoms with E-state index in [2.05, 4.69) is 18.7 Å². The molecule has 0 spiro atoms. The number of piperazine rings is 1. The van der Waals surface area contributed by atoms with Gasteiger partial charge in [0.05, 0.1) is 0 Å². The van der Waals surface area contributed by atoms with Crippen molar-refractivity contribution in [2.24, 2.45) is 0 Å². The van der Waals surface area contributed by atoms with Gasteiger partial charge in [0.1, 0.15) is 5.75 Å². The SMILES string of the molecule is CCC(CC)N1CCN(C(=O)Oc2cccc3ccccc23)CC1. The van der Waals surface area contributed by atoms with E-state index >= 15 is 0 Å². The summed E-state index contributed by atoms with van der Waals surface area (Å²) in [5.74, 6) is 0.639. The fourth-order valence-corrected chi connectivity index (χ4v) is 3.52. The lowest BCUT2D eigenvalue weighted by Crippen LogP contribution is -2.52. The van der Waals surface area contributed by atoms with Crippen molar-refractivity contribution >= 4 is 16.9 Å². The first kappa shape index (κ1) is 16.8. The number of rotatable bonds is 4. The number of ether oxygens (including phenoxy) is 1. The lowest BCUT2D eigenvalue weighted by molar-refractivity contribution is 0.0863. The highest BCUT2D eigenvalue weighted by atomic mass is 16.6. The van der Waals surface area contributed by atoms with Crippen molar-refractivity contribution < 1.29 is 9.53 Å². The number of nitrogens with zero attached hydrogens (tertiary/aromatic N) is 2. The molecule has 0 radical (unpaired) electrons. The minimum Gasteiger partial charge on any atom is -0.410 e. The van der Waals surface area contributed by atoms with Crippen LogP contribution in [0.4, 0.5) is 4.79 Å². The quantitative estimate of drug-likeness (QED) is 0.846. The smallest absolute Gasteiger partial charge is 0.410 e. The van der Waals surface area contributed by atoms with Crippen LogP contribution in [0, 0.1) is 0 Å². The van der Waals surface area contributed by atoms with Crippen molar-refractivity contribution in [2.45, 2.75) is 32.7 Å². The second-order valence-electron chi connectivity index (χ2n) is 6.34. The molecule has 0 aliphatic carbocycles. The average molecular weight is 326 g/mol. The van der Waals surface area contributed by atoms with Gasteiger partial charge in [-0.1, -0.05) is 50.2 Å². The molecule has 1 aliphatic rings. The number of hydrogen-bond donors (Lipinski definition) is 0. The van der Waals surface area contributed by atoms with E-state index < -0.39 is 0 Å². The molecular formula is C20H26N2O2. The first-order valence-corrected chi connectivity index (χ1v) is 8.91. The zero-order valence-electron chi connectivity index (χ0n) is 14.6. The molecule has 0 N–H and O–H groups in total. The normalized spacial score (nSPS) is 15.9. The molecule has 4 heteroatoms. The number of carbonyl (C=O) groups is 1. The van der Waals surface area contributed by atoms with Gasteiger partial charge in [-0.05, 0) is 24.3 Å². The highest BCUT2D eigenvalue weighted by Crippen LogP contribution is 2.26. The van der Waals surface area contributed by atoms with Gasteiger partial charge >= 0.3 is 6.09 Å². The molecule has 0 bridgehead atoms. The van der Waals surface area contributed by atoms with Crippen molar-refractivity contribution in [1.82, 2.24) is 9.80 Å². The molecule has 24 heavy (non-hydrogen) atoms. The van der Waals surface area contributed by atoms with Crippen LogP contribution in [-0.2, 0) is 0 Å². The van der Waals surface area contributed by atoms with Crippen LogP contribution in [-0.4, -0.2) is 48.1 Å². The maximum absolute atomic E-state index is 12.5. The largest absolute Gasteiger partial charge is 0.415 e. The van der Waals surface area contributed by atoms with Crippen molar-refractivity contribution in [3.05, 3.63) is 42.5 Å². The number of benzene rings is 2. The summed E-state index contributed by atoms with van der Waals surface area (Å²) in [5, 5.41) is 2.06. The molecule has 2 aromatic rings. The van der Waals surface area contributed by atoms with Gasteiger partial charge in [0.15, 0.2) is 0 Å². The number of fused-ring (bicyclic) bond motifs is 1. The van der Waals surface area contributed by atoms with Crippen LogP contribution < -0.4 is 4.74 Å². The Kier molecular flexibility index (Phi) is 5.36. The van der Waals surface area contributed by atoms with E-state index in [1.807, 2.05) is 47.4 Å². The molecule has 1 heterocycles. The Morgan fingerprint density at radius 1 is 1.00 bits per heavy atom. The van der Waals surface area contributed by atoms with Crippen LogP contribution in [0.2, 0.25) is 0 Å². The van der Waals surface area contributed by atoms with E-state index in [1.165, 1.54) is 0 Å². The van der Waals surface area contributed by atoms with Crippen molar-refractivity contribution in [3.8, 4) is 5.75 Å². The summed E-state index contributed by atoms with van der Waals surface area (Å²) in [6.45, 7) is 7.79. The lowest BCUT2D eigenvalue weighted by Gasteiger charge is -2.38. The zero-order chi connectivity index (χ0) is 16.9. The molecule has 1 fully saturated rings. The highest BCUT2D eigenvalue weighted by molar-refractivity contribution is 5.90. The Hall–Kier alpha value is -2.07. The predicted octanol–water partition coefficient (Wildman–Crippen LogP) is 4.14. The number of amides is 1. The second-order valence-corrected chi connectivity index (χ2v) is 6.34. The maximum Gasteiger partial charge on any atom is 0.415 e. The molecule has 1 aliphatic heterocycles. The monoisotopic (exact) mass is 326 g/mol. The molecule has 0 unspecified atom stereocenters. The van der Waals surface area contributed by atoms with Crippen molar-refractivity contribution in [2.75, 3.05) is 26.2 Å². The van der Waals surface area contributed by atoms with Crippen molar-refractivity contribution in [3.63, 3.8) is 0 Å². The lowest BCUT2D eigenvalue weighted by atomic mass is 10.1. The van der Waals surface area contributed by atoms with Gasteiger partial charge in [-0.15, -0.1) is 0 Å². The summed E-state index contributed by atoms with van der Waals surface area (Å²) < 4.78 is 5.68. The molecule has 128 valence electrons. The Morgan fingerprint density at radius 3 is 2.38 bits per heavy atom. The summed E-state index contributed by atoms with van der Waals surface area (Å²) >= 11 is 0. The van der Waals surface area contributed by atoms with E-state index in [-0.39, 0.29) is 6.09 Å². The van der Waals surface area contributed by atoms with Gasteiger partial charge < -0.3 is 9.64 Å². The number of hydrogen-bond acceptors (Lipinski definition) is 3. The van der Waals surface area contributed by atoms with E-state index in [9.17, 15) is 4.79 Å². The second kappa shape index (κ2) is 7.67. The van der Waals surface area contributed by atoms with Gasteiger partial charge in [0, 0.05) is 37.6 Å². The summed E-state index contributed by atoms with van der Waals surface area (Å²) in [4.78, 5) is 16.8. The van der Waals surface area contributed by atoms with Gasteiger partial charge in [-0.25, -0.2) is 4.79 Å². The average Bonchev–Trinajstić information content (AvgIpc) is 2.63. The van der Waals surface area contributed by atoms with Crippen LogP contribution in [0.5, 0.6) is 5.75 Å². The van der Waals surface area contributed by atoms with E-state index in [0.29, 0.717) is 11.8 Å². The molecule has 2 aromatic carbocycles. The van der Waals surface area contributed by atoms with Gasteiger partial charge in [-0.3, -0.25) is 4.90 Å². The first-order chi connectivity index (χ1) is 11.7.